The standard InChI is InChI=1S/C12H20ClN3O2/c1-9(2)18-12-6-11(14-8-15-12)16-10(4-5-13)7-17-3/h6,8-10H,4-5,7H2,1-3H3,(H,14,15,16). The van der Waals surface area contributed by atoms with Crippen molar-refractivity contribution in [2.45, 2.75) is 32.4 Å². The molecule has 1 rings (SSSR count). The van der Waals surface area contributed by atoms with Crippen LogP contribution in [0.2, 0.25) is 0 Å². The van der Waals surface area contributed by atoms with E-state index < -0.39 is 0 Å². The van der Waals surface area contributed by atoms with E-state index >= 15 is 0 Å². The second kappa shape index (κ2) is 8.11. The summed E-state index contributed by atoms with van der Waals surface area (Å²) < 4.78 is 10.6. The molecule has 0 fully saturated rings. The Bertz CT molecular complexity index is 344. The SMILES string of the molecule is COCC(CCCl)Nc1cc(OC(C)C)ncn1. The molecule has 1 atom stereocenters. The maximum absolute atomic E-state index is 5.75. The fraction of sp³-hybridized carbons (Fsp3) is 0.667. The number of alkyl halides is 1. The van der Waals surface area contributed by atoms with Crippen molar-refractivity contribution in [3.63, 3.8) is 0 Å². The fourth-order valence-electron chi connectivity index (χ4n) is 1.46. The molecular formula is C12H20ClN3O2. The molecule has 0 aliphatic rings. The summed E-state index contributed by atoms with van der Waals surface area (Å²) in [6, 6.07) is 1.91. The third-order valence-electron chi connectivity index (χ3n) is 2.18. The first-order valence-corrected chi connectivity index (χ1v) is 6.49. The van der Waals surface area contributed by atoms with E-state index in [0.717, 1.165) is 6.42 Å². The summed E-state index contributed by atoms with van der Waals surface area (Å²) in [6.07, 6.45) is 2.37. The lowest BCUT2D eigenvalue weighted by Gasteiger charge is -2.17. The Morgan fingerprint density at radius 2 is 2.17 bits per heavy atom. The van der Waals surface area contributed by atoms with Crippen molar-refractivity contribution in [3.8, 4) is 5.88 Å². The Labute approximate surface area is 113 Å². The Balaban J connectivity index is 2.64. The van der Waals surface area contributed by atoms with Gasteiger partial charge in [-0.05, 0) is 20.3 Å². The number of methoxy groups -OCH3 is 1. The van der Waals surface area contributed by atoms with E-state index in [1.807, 2.05) is 13.8 Å². The van der Waals surface area contributed by atoms with Crippen LogP contribution in [0.1, 0.15) is 20.3 Å². The van der Waals surface area contributed by atoms with Crippen LogP contribution in [0.3, 0.4) is 0 Å². The summed E-state index contributed by atoms with van der Waals surface area (Å²) >= 11 is 5.75. The molecule has 18 heavy (non-hydrogen) atoms. The molecule has 0 saturated carbocycles. The molecule has 0 spiro atoms. The first-order valence-electron chi connectivity index (χ1n) is 5.95. The molecule has 0 saturated heterocycles. The maximum Gasteiger partial charge on any atom is 0.218 e. The predicted molar refractivity (Wildman–Crippen MR) is 72.4 cm³/mol. The number of ether oxygens (including phenoxy) is 2. The van der Waals surface area contributed by atoms with Crippen molar-refractivity contribution in [1.82, 2.24) is 9.97 Å². The second-order valence-corrected chi connectivity index (χ2v) is 4.56. The summed E-state index contributed by atoms with van der Waals surface area (Å²) in [4.78, 5) is 8.20. The van der Waals surface area contributed by atoms with Gasteiger partial charge in [0.05, 0.1) is 18.8 Å². The molecule has 0 bridgehead atoms. The van der Waals surface area contributed by atoms with Gasteiger partial charge >= 0.3 is 0 Å². The van der Waals surface area contributed by atoms with Crippen LogP contribution >= 0.6 is 11.6 Å². The Morgan fingerprint density at radius 1 is 1.39 bits per heavy atom. The highest BCUT2D eigenvalue weighted by Crippen LogP contribution is 2.14. The largest absolute Gasteiger partial charge is 0.475 e. The lowest BCUT2D eigenvalue weighted by molar-refractivity contribution is 0.184. The van der Waals surface area contributed by atoms with Crippen molar-refractivity contribution < 1.29 is 9.47 Å². The van der Waals surface area contributed by atoms with Gasteiger partial charge in [-0.1, -0.05) is 0 Å². The summed E-state index contributed by atoms with van der Waals surface area (Å²) in [5.41, 5.74) is 0. The maximum atomic E-state index is 5.75. The van der Waals surface area contributed by atoms with Gasteiger partial charge in [0.2, 0.25) is 5.88 Å². The minimum Gasteiger partial charge on any atom is -0.475 e. The zero-order chi connectivity index (χ0) is 13.4. The first kappa shape index (κ1) is 15.0. The molecule has 6 heteroatoms. The first-order chi connectivity index (χ1) is 8.65. The molecule has 0 aliphatic carbocycles. The average molecular weight is 274 g/mol. The third kappa shape index (κ3) is 5.51. The van der Waals surface area contributed by atoms with Gasteiger partial charge in [0.1, 0.15) is 12.1 Å². The van der Waals surface area contributed by atoms with Gasteiger partial charge in [-0.15, -0.1) is 11.6 Å². The highest BCUT2D eigenvalue weighted by molar-refractivity contribution is 6.17. The van der Waals surface area contributed by atoms with E-state index in [9.17, 15) is 0 Å². The monoisotopic (exact) mass is 273 g/mol. The van der Waals surface area contributed by atoms with Gasteiger partial charge in [0.25, 0.3) is 0 Å². The lowest BCUT2D eigenvalue weighted by Crippen LogP contribution is -2.26. The van der Waals surface area contributed by atoms with E-state index in [-0.39, 0.29) is 12.1 Å². The number of hydrogen-bond donors (Lipinski definition) is 1. The summed E-state index contributed by atoms with van der Waals surface area (Å²) in [5, 5.41) is 3.25. The van der Waals surface area contributed by atoms with Crippen LogP contribution in [0.5, 0.6) is 5.88 Å². The number of nitrogens with one attached hydrogen (secondary N) is 1. The van der Waals surface area contributed by atoms with Crippen molar-refractivity contribution in [2.24, 2.45) is 0 Å². The van der Waals surface area contributed by atoms with Crippen LogP contribution in [-0.4, -0.2) is 41.7 Å². The van der Waals surface area contributed by atoms with Crippen LogP contribution in [0.25, 0.3) is 0 Å². The van der Waals surface area contributed by atoms with E-state index in [1.54, 1.807) is 13.2 Å². The average Bonchev–Trinajstić information content (AvgIpc) is 2.29. The van der Waals surface area contributed by atoms with E-state index in [0.29, 0.717) is 24.2 Å². The zero-order valence-corrected chi connectivity index (χ0v) is 11.8. The molecule has 0 aromatic carbocycles. The molecule has 1 aromatic rings. The molecule has 0 amide bonds. The van der Waals surface area contributed by atoms with Crippen LogP contribution in [0, 0.1) is 0 Å². The number of hydrogen-bond acceptors (Lipinski definition) is 5. The fourth-order valence-corrected chi connectivity index (χ4v) is 1.73. The van der Waals surface area contributed by atoms with Crippen LogP contribution in [-0.2, 0) is 4.74 Å². The molecule has 1 unspecified atom stereocenters. The van der Waals surface area contributed by atoms with E-state index in [1.165, 1.54) is 6.33 Å². The molecule has 5 nitrogen and oxygen atoms in total. The molecule has 1 aromatic heterocycles. The van der Waals surface area contributed by atoms with Gasteiger partial charge in [-0.2, -0.15) is 0 Å². The molecule has 0 radical (unpaired) electrons. The van der Waals surface area contributed by atoms with Crippen molar-refractivity contribution in [2.75, 3.05) is 24.9 Å². The Morgan fingerprint density at radius 3 is 2.78 bits per heavy atom. The van der Waals surface area contributed by atoms with Gasteiger partial charge in [0.15, 0.2) is 0 Å². The van der Waals surface area contributed by atoms with Crippen LogP contribution in [0.15, 0.2) is 12.4 Å². The Kier molecular flexibility index (Phi) is 6.75. The molecule has 102 valence electrons. The molecule has 1 N–H and O–H groups in total. The van der Waals surface area contributed by atoms with Gasteiger partial charge in [0, 0.05) is 19.1 Å². The van der Waals surface area contributed by atoms with Crippen molar-refractivity contribution >= 4 is 17.4 Å². The Hall–Kier alpha value is -1.07. The molecule has 0 aliphatic heterocycles. The zero-order valence-electron chi connectivity index (χ0n) is 11.0. The minimum atomic E-state index is 0.0883. The summed E-state index contributed by atoms with van der Waals surface area (Å²) in [5.74, 6) is 1.85. The third-order valence-corrected chi connectivity index (χ3v) is 2.39. The van der Waals surface area contributed by atoms with Crippen molar-refractivity contribution in [3.05, 3.63) is 12.4 Å². The lowest BCUT2D eigenvalue weighted by atomic mass is 10.2. The van der Waals surface area contributed by atoms with Crippen molar-refractivity contribution in [1.29, 1.82) is 0 Å². The normalized spacial score (nSPS) is 12.5. The van der Waals surface area contributed by atoms with Gasteiger partial charge in [-0.3, -0.25) is 0 Å². The quantitative estimate of drug-likeness (QED) is 0.737. The highest BCUT2D eigenvalue weighted by atomic mass is 35.5. The van der Waals surface area contributed by atoms with E-state index in [2.05, 4.69) is 15.3 Å². The highest BCUT2D eigenvalue weighted by Gasteiger charge is 2.09. The number of anilines is 1. The second-order valence-electron chi connectivity index (χ2n) is 4.18. The number of rotatable bonds is 8. The smallest absolute Gasteiger partial charge is 0.218 e. The number of halogens is 1. The topological polar surface area (TPSA) is 56.3 Å². The van der Waals surface area contributed by atoms with Crippen LogP contribution in [0.4, 0.5) is 5.82 Å². The minimum absolute atomic E-state index is 0.0883. The van der Waals surface area contributed by atoms with E-state index in [4.69, 9.17) is 21.1 Å². The van der Waals surface area contributed by atoms with Gasteiger partial charge in [-0.25, -0.2) is 9.97 Å². The summed E-state index contributed by atoms with van der Waals surface area (Å²) in [6.45, 7) is 4.49. The van der Waals surface area contributed by atoms with Gasteiger partial charge < -0.3 is 14.8 Å². The molecule has 1 heterocycles. The van der Waals surface area contributed by atoms with Crippen LogP contribution < -0.4 is 10.1 Å². The predicted octanol–water partition coefficient (Wildman–Crippen LogP) is 2.32. The number of nitrogens with zero attached hydrogens (tertiary/aromatic N) is 2. The molecular weight excluding hydrogens is 254 g/mol. The summed E-state index contributed by atoms with van der Waals surface area (Å²) in [7, 11) is 1.66. The number of aromatic nitrogens is 2.